The minimum atomic E-state index is 0.0859. The molecule has 21 heavy (non-hydrogen) atoms. The minimum absolute atomic E-state index is 0.0859. The van der Waals surface area contributed by atoms with Gasteiger partial charge in [0.05, 0.1) is 0 Å². The van der Waals surface area contributed by atoms with E-state index in [9.17, 15) is 4.79 Å². The first kappa shape index (κ1) is 17.5. The van der Waals surface area contributed by atoms with Crippen LogP contribution < -0.4 is 5.32 Å². The Kier molecular flexibility index (Phi) is 7.80. The van der Waals surface area contributed by atoms with Crippen molar-refractivity contribution in [1.82, 2.24) is 9.88 Å². The average Bonchev–Trinajstić information content (AvgIpc) is 2.51. The second kappa shape index (κ2) is 9.37. The fourth-order valence-electron chi connectivity index (χ4n) is 2.16. The summed E-state index contributed by atoms with van der Waals surface area (Å²) in [6.07, 6.45) is 5.27. The van der Waals surface area contributed by atoms with E-state index in [4.69, 9.17) is 0 Å². The number of hydrogen-bond donors (Lipinski definition) is 1. The van der Waals surface area contributed by atoms with Gasteiger partial charge in [-0.15, -0.1) is 0 Å². The molecule has 1 aromatic rings. The molecule has 0 unspecified atom stereocenters. The lowest BCUT2D eigenvalue weighted by Gasteiger charge is -2.18. The highest BCUT2D eigenvalue weighted by atomic mass is 16.2. The molecule has 4 heteroatoms. The molecule has 0 atom stereocenters. The number of aromatic nitrogens is 1. The van der Waals surface area contributed by atoms with Gasteiger partial charge in [0.1, 0.15) is 5.82 Å². The molecule has 118 valence electrons. The van der Waals surface area contributed by atoms with Gasteiger partial charge in [-0.1, -0.05) is 33.6 Å². The van der Waals surface area contributed by atoms with Crippen LogP contribution in [0.15, 0.2) is 12.1 Å². The summed E-state index contributed by atoms with van der Waals surface area (Å²) in [4.78, 5) is 18.8. The number of unbranched alkanes of at least 4 members (excludes halogenated alkanes) is 2. The first-order valence-corrected chi connectivity index (χ1v) is 8.12. The number of nitrogens with one attached hydrogen (secondary N) is 1. The fourth-order valence-corrected chi connectivity index (χ4v) is 2.16. The van der Waals surface area contributed by atoms with Crippen LogP contribution in [0.3, 0.4) is 0 Å². The van der Waals surface area contributed by atoms with E-state index in [0.29, 0.717) is 0 Å². The topological polar surface area (TPSA) is 45.2 Å². The van der Waals surface area contributed by atoms with Gasteiger partial charge in [-0.25, -0.2) is 4.98 Å². The van der Waals surface area contributed by atoms with Crippen LogP contribution in [0.5, 0.6) is 0 Å². The predicted molar refractivity (Wildman–Crippen MR) is 88.9 cm³/mol. The normalized spacial score (nSPS) is 10.5. The standard InChI is InChI=1S/C17H29N3O/c1-5-8-9-11-20(4)17(21)14-12-15(7-3)19-16(13-14)18-10-6-2/h12-13H,5-11H2,1-4H3,(H,18,19). The van der Waals surface area contributed by atoms with Crippen molar-refractivity contribution in [2.45, 2.75) is 52.9 Å². The Bertz CT molecular complexity index is 446. The largest absolute Gasteiger partial charge is 0.370 e. The van der Waals surface area contributed by atoms with E-state index in [2.05, 4.69) is 31.1 Å². The molecule has 4 nitrogen and oxygen atoms in total. The Morgan fingerprint density at radius 3 is 2.57 bits per heavy atom. The Balaban J connectivity index is 2.81. The summed E-state index contributed by atoms with van der Waals surface area (Å²) in [6.45, 7) is 8.04. The van der Waals surface area contributed by atoms with Crippen molar-refractivity contribution in [3.05, 3.63) is 23.4 Å². The average molecular weight is 291 g/mol. The minimum Gasteiger partial charge on any atom is -0.370 e. The van der Waals surface area contributed by atoms with Crippen molar-refractivity contribution in [3.63, 3.8) is 0 Å². The number of anilines is 1. The second-order valence-electron chi connectivity index (χ2n) is 5.45. The quantitative estimate of drug-likeness (QED) is 0.705. The first-order valence-electron chi connectivity index (χ1n) is 8.12. The summed E-state index contributed by atoms with van der Waals surface area (Å²) in [5, 5.41) is 3.27. The third-order valence-electron chi connectivity index (χ3n) is 3.49. The maximum Gasteiger partial charge on any atom is 0.253 e. The van der Waals surface area contributed by atoms with Crippen molar-refractivity contribution in [2.75, 3.05) is 25.5 Å². The maximum absolute atomic E-state index is 12.5. The van der Waals surface area contributed by atoms with Crippen LogP contribution in [0.4, 0.5) is 5.82 Å². The SMILES string of the molecule is CCCCCN(C)C(=O)c1cc(CC)nc(NCCC)c1. The predicted octanol–water partition coefficient (Wildman–Crippen LogP) is 3.73. The third kappa shape index (κ3) is 5.74. The fraction of sp³-hybridized carbons (Fsp3) is 0.647. The first-order chi connectivity index (χ1) is 10.1. The molecular weight excluding hydrogens is 262 g/mol. The number of hydrogen-bond acceptors (Lipinski definition) is 3. The van der Waals surface area contributed by atoms with E-state index in [-0.39, 0.29) is 5.91 Å². The summed E-state index contributed by atoms with van der Waals surface area (Å²) >= 11 is 0. The number of pyridine rings is 1. The summed E-state index contributed by atoms with van der Waals surface area (Å²) in [6, 6.07) is 3.78. The monoisotopic (exact) mass is 291 g/mol. The molecule has 1 amide bonds. The van der Waals surface area contributed by atoms with Gasteiger partial charge >= 0.3 is 0 Å². The maximum atomic E-state index is 12.5. The van der Waals surface area contributed by atoms with Gasteiger partial charge < -0.3 is 10.2 Å². The summed E-state index contributed by atoms with van der Waals surface area (Å²) in [5.74, 6) is 0.893. The Morgan fingerprint density at radius 1 is 1.19 bits per heavy atom. The zero-order valence-electron chi connectivity index (χ0n) is 13.9. The van der Waals surface area contributed by atoms with Crippen LogP contribution in [0.1, 0.15) is 62.5 Å². The van der Waals surface area contributed by atoms with E-state index in [1.807, 2.05) is 24.1 Å². The lowest BCUT2D eigenvalue weighted by atomic mass is 10.1. The highest BCUT2D eigenvalue weighted by molar-refractivity contribution is 5.94. The molecule has 0 spiro atoms. The number of rotatable bonds is 9. The highest BCUT2D eigenvalue weighted by Crippen LogP contribution is 2.14. The molecule has 0 aliphatic heterocycles. The van der Waals surface area contributed by atoms with Crippen molar-refractivity contribution in [3.8, 4) is 0 Å². The van der Waals surface area contributed by atoms with Crippen LogP contribution >= 0.6 is 0 Å². The van der Waals surface area contributed by atoms with Gasteiger partial charge in [-0.3, -0.25) is 4.79 Å². The molecular formula is C17H29N3O. The van der Waals surface area contributed by atoms with Crippen LogP contribution in [0.25, 0.3) is 0 Å². The highest BCUT2D eigenvalue weighted by Gasteiger charge is 2.13. The zero-order chi connectivity index (χ0) is 15.7. The van der Waals surface area contributed by atoms with Crippen LogP contribution in [-0.2, 0) is 6.42 Å². The summed E-state index contributed by atoms with van der Waals surface area (Å²) in [5.41, 5.74) is 1.70. The number of amides is 1. The van der Waals surface area contributed by atoms with Crippen molar-refractivity contribution >= 4 is 11.7 Å². The van der Waals surface area contributed by atoms with Gasteiger partial charge in [0, 0.05) is 31.4 Å². The zero-order valence-corrected chi connectivity index (χ0v) is 13.9. The number of aryl methyl sites for hydroxylation is 1. The molecule has 0 aromatic carbocycles. The molecule has 0 radical (unpaired) electrons. The molecule has 0 bridgehead atoms. The van der Waals surface area contributed by atoms with Crippen molar-refractivity contribution in [1.29, 1.82) is 0 Å². The number of nitrogens with zero attached hydrogens (tertiary/aromatic N) is 2. The van der Waals surface area contributed by atoms with E-state index in [0.717, 1.165) is 55.8 Å². The van der Waals surface area contributed by atoms with Gasteiger partial charge in [-0.05, 0) is 31.4 Å². The van der Waals surface area contributed by atoms with E-state index < -0.39 is 0 Å². The van der Waals surface area contributed by atoms with Gasteiger partial charge in [0.2, 0.25) is 0 Å². The van der Waals surface area contributed by atoms with E-state index >= 15 is 0 Å². The number of carbonyl (C=O) groups is 1. The van der Waals surface area contributed by atoms with Crippen molar-refractivity contribution < 1.29 is 4.79 Å². The smallest absolute Gasteiger partial charge is 0.253 e. The Hall–Kier alpha value is -1.58. The second-order valence-corrected chi connectivity index (χ2v) is 5.45. The summed E-state index contributed by atoms with van der Waals surface area (Å²) < 4.78 is 0. The van der Waals surface area contributed by atoms with Gasteiger partial charge in [0.25, 0.3) is 5.91 Å². The van der Waals surface area contributed by atoms with Crippen LogP contribution in [0, 0.1) is 0 Å². The lowest BCUT2D eigenvalue weighted by Crippen LogP contribution is -2.28. The van der Waals surface area contributed by atoms with Crippen LogP contribution in [-0.4, -0.2) is 35.9 Å². The van der Waals surface area contributed by atoms with E-state index in [1.54, 1.807) is 0 Å². The third-order valence-corrected chi connectivity index (χ3v) is 3.49. The molecule has 0 saturated heterocycles. The molecule has 0 saturated carbocycles. The Morgan fingerprint density at radius 2 is 1.95 bits per heavy atom. The molecule has 1 heterocycles. The molecule has 1 N–H and O–H groups in total. The van der Waals surface area contributed by atoms with Gasteiger partial charge in [-0.2, -0.15) is 0 Å². The Labute approximate surface area is 129 Å². The lowest BCUT2D eigenvalue weighted by molar-refractivity contribution is 0.0792. The number of carbonyl (C=O) groups excluding carboxylic acids is 1. The van der Waals surface area contributed by atoms with Crippen LogP contribution in [0.2, 0.25) is 0 Å². The van der Waals surface area contributed by atoms with Gasteiger partial charge in [0.15, 0.2) is 0 Å². The molecule has 1 aromatic heterocycles. The molecule has 0 aliphatic rings. The van der Waals surface area contributed by atoms with Crippen molar-refractivity contribution in [2.24, 2.45) is 0 Å². The molecule has 0 fully saturated rings. The van der Waals surface area contributed by atoms with E-state index in [1.165, 1.54) is 6.42 Å². The molecule has 1 rings (SSSR count). The summed E-state index contributed by atoms with van der Waals surface area (Å²) in [7, 11) is 1.88. The molecule has 0 aliphatic carbocycles.